The van der Waals surface area contributed by atoms with Gasteiger partial charge in [-0.15, -0.1) is 0 Å². The highest BCUT2D eigenvalue weighted by Crippen LogP contribution is 2.28. The highest BCUT2D eigenvalue weighted by atomic mass is 16.5. The Morgan fingerprint density at radius 1 is 1.38 bits per heavy atom. The van der Waals surface area contributed by atoms with Gasteiger partial charge in [0, 0.05) is 11.6 Å². The molecule has 2 heterocycles. The third-order valence-electron chi connectivity index (χ3n) is 2.79. The lowest BCUT2D eigenvalue weighted by atomic mass is 10.1. The van der Waals surface area contributed by atoms with E-state index in [0.717, 1.165) is 29.2 Å². The van der Waals surface area contributed by atoms with E-state index < -0.39 is 0 Å². The van der Waals surface area contributed by atoms with E-state index in [2.05, 4.69) is 5.10 Å². The Morgan fingerprint density at radius 2 is 2.25 bits per heavy atom. The average Bonchev–Trinajstić information content (AvgIpc) is 2.81. The monoisotopic (exact) mass is 216 g/mol. The Balaban J connectivity index is 2.05. The molecule has 1 aromatic heterocycles. The van der Waals surface area contributed by atoms with Crippen LogP contribution in [0.1, 0.15) is 5.56 Å². The summed E-state index contributed by atoms with van der Waals surface area (Å²) in [6, 6.07) is 7.41. The Bertz CT molecular complexity index is 524. The number of phenols is 1. The van der Waals surface area contributed by atoms with Gasteiger partial charge in [0.15, 0.2) is 0 Å². The van der Waals surface area contributed by atoms with Gasteiger partial charge < -0.3 is 9.84 Å². The second-order valence-electron chi connectivity index (χ2n) is 3.94. The first-order valence-electron chi connectivity index (χ1n) is 5.25. The molecule has 0 saturated heterocycles. The Kier molecular flexibility index (Phi) is 1.89. The van der Waals surface area contributed by atoms with Gasteiger partial charge in [-0.2, -0.15) is 5.10 Å². The van der Waals surface area contributed by atoms with Gasteiger partial charge in [0.1, 0.15) is 12.4 Å². The lowest BCUT2D eigenvalue weighted by molar-refractivity contribution is 0.357. The summed E-state index contributed by atoms with van der Waals surface area (Å²) >= 11 is 0. The zero-order chi connectivity index (χ0) is 11.1. The SMILES string of the molecule is Cc1cc(-c2cc3n(n2)CCO3)ccc1O. The first-order valence-corrected chi connectivity index (χ1v) is 5.25. The van der Waals surface area contributed by atoms with E-state index in [4.69, 9.17) is 4.74 Å². The van der Waals surface area contributed by atoms with Crippen LogP contribution in [0.5, 0.6) is 11.6 Å². The maximum atomic E-state index is 9.46. The number of fused-ring (bicyclic) bond motifs is 1. The minimum Gasteiger partial charge on any atom is -0.508 e. The molecule has 2 aromatic rings. The second kappa shape index (κ2) is 3.27. The number of aryl methyl sites for hydroxylation is 1. The number of nitrogens with zero attached hydrogens (tertiary/aromatic N) is 2. The minimum atomic E-state index is 0.312. The van der Waals surface area contributed by atoms with Crippen LogP contribution < -0.4 is 4.74 Å². The molecule has 0 aliphatic carbocycles. The van der Waals surface area contributed by atoms with E-state index in [1.54, 1.807) is 6.07 Å². The van der Waals surface area contributed by atoms with Crippen LogP contribution in [-0.2, 0) is 6.54 Å². The summed E-state index contributed by atoms with van der Waals surface area (Å²) in [5.74, 6) is 1.13. The van der Waals surface area contributed by atoms with Gasteiger partial charge in [-0.05, 0) is 30.7 Å². The van der Waals surface area contributed by atoms with Crippen LogP contribution in [0.25, 0.3) is 11.3 Å². The van der Waals surface area contributed by atoms with Gasteiger partial charge in [-0.3, -0.25) is 0 Å². The van der Waals surface area contributed by atoms with Crippen LogP contribution in [0.2, 0.25) is 0 Å². The lowest BCUT2D eigenvalue weighted by Gasteiger charge is -2.01. The van der Waals surface area contributed by atoms with Crippen LogP contribution >= 0.6 is 0 Å². The van der Waals surface area contributed by atoms with Crippen molar-refractivity contribution < 1.29 is 9.84 Å². The molecule has 0 amide bonds. The molecule has 1 aliphatic heterocycles. The lowest BCUT2D eigenvalue weighted by Crippen LogP contribution is -1.96. The van der Waals surface area contributed by atoms with E-state index in [1.807, 2.05) is 29.8 Å². The Morgan fingerprint density at radius 3 is 3.00 bits per heavy atom. The van der Waals surface area contributed by atoms with Crippen molar-refractivity contribution in [3.05, 3.63) is 29.8 Å². The number of phenolic OH excluding ortho intramolecular Hbond substituents is 1. The van der Waals surface area contributed by atoms with E-state index in [0.29, 0.717) is 12.4 Å². The maximum Gasteiger partial charge on any atom is 0.212 e. The fraction of sp³-hybridized carbons (Fsp3) is 0.250. The molecule has 0 atom stereocenters. The predicted molar refractivity (Wildman–Crippen MR) is 59.6 cm³/mol. The highest BCUT2D eigenvalue weighted by Gasteiger charge is 2.15. The van der Waals surface area contributed by atoms with Crippen molar-refractivity contribution in [1.29, 1.82) is 0 Å². The molecule has 0 fully saturated rings. The number of ether oxygens (including phenoxy) is 1. The summed E-state index contributed by atoms with van der Waals surface area (Å²) in [5.41, 5.74) is 2.74. The zero-order valence-corrected chi connectivity index (χ0v) is 8.97. The average molecular weight is 216 g/mol. The van der Waals surface area contributed by atoms with Gasteiger partial charge in [0.25, 0.3) is 0 Å². The summed E-state index contributed by atoms with van der Waals surface area (Å²) in [6.45, 7) is 3.39. The van der Waals surface area contributed by atoms with Crippen LogP contribution in [0.4, 0.5) is 0 Å². The zero-order valence-electron chi connectivity index (χ0n) is 8.97. The van der Waals surface area contributed by atoms with Gasteiger partial charge in [-0.25, -0.2) is 4.68 Å². The van der Waals surface area contributed by atoms with Gasteiger partial charge >= 0.3 is 0 Å². The van der Waals surface area contributed by atoms with Gasteiger partial charge in [0.2, 0.25) is 5.88 Å². The molecule has 4 heteroatoms. The molecule has 0 bridgehead atoms. The highest BCUT2D eigenvalue weighted by molar-refractivity contribution is 5.62. The van der Waals surface area contributed by atoms with E-state index in [9.17, 15) is 5.11 Å². The van der Waals surface area contributed by atoms with Crippen LogP contribution in [0, 0.1) is 6.92 Å². The number of hydrogen-bond acceptors (Lipinski definition) is 3. The van der Waals surface area contributed by atoms with E-state index in [-0.39, 0.29) is 0 Å². The van der Waals surface area contributed by atoms with Crippen molar-refractivity contribution in [3.8, 4) is 22.9 Å². The van der Waals surface area contributed by atoms with Crippen molar-refractivity contribution in [2.24, 2.45) is 0 Å². The Labute approximate surface area is 93.1 Å². The summed E-state index contributed by atoms with van der Waals surface area (Å²) in [7, 11) is 0. The molecule has 1 N–H and O–H groups in total. The molecule has 16 heavy (non-hydrogen) atoms. The quantitative estimate of drug-likeness (QED) is 0.792. The molecular weight excluding hydrogens is 204 g/mol. The number of hydrogen-bond donors (Lipinski definition) is 1. The van der Waals surface area contributed by atoms with Crippen molar-refractivity contribution in [2.45, 2.75) is 13.5 Å². The maximum absolute atomic E-state index is 9.46. The molecular formula is C12H12N2O2. The predicted octanol–water partition coefficient (Wildman–Crippen LogP) is 1.96. The smallest absolute Gasteiger partial charge is 0.212 e. The van der Waals surface area contributed by atoms with E-state index >= 15 is 0 Å². The number of rotatable bonds is 1. The number of benzene rings is 1. The van der Waals surface area contributed by atoms with Crippen molar-refractivity contribution in [3.63, 3.8) is 0 Å². The molecule has 1 aromatic carbocycles. The molecule has 3 rings (SSSR count). The molecule has 4 nitrogen and oxygen atoms in total. The number of aromatic nitrogens is 2. The fourth-order valence-electron chi connectivity index (χ4n) is 1.87. The second-order valence-corrected chi connectivity index (χ2v) is 3.94. The van der Waals surface area contributed by atoms with E-state index in [1.165, 1.54) is 0 Å². The molecule has 0 radical (unpaired) electrons. The van der Waals surface area contributed by atoms with Crippen molar-refractivity contribution in [2.75, 3.05) is 6.61 Å². The largest absolute Gasteiger partial charge is 0.508 e. The molecule has 0 saturated carbocycles. The molecule has 0 unspecified atom stereocenters. The third kappa shape index (κ3) is 1.34. The van der Waals surface area contributed by atoms with Crippen LogP contribution in [0.15, 0.2) is 24.3 Å². The first kappa shape index (κ1) is 9.27. The summed E-state index contributed by atoms with van der Waals surface area (Å²) < 4.78 is 7.26. The number of aromatic hydroxyl groups is 1. The topological polar surface area (TPSA) is 47.3 Å². The first-order chi connectivity index (χ1) is 7.74. The standard InChI is InChI=1S/C12H12N2O2/c1-8-6-9(2-3-11(8)15)10-7-12-14(13-10)4-5-16-12/h2-3,6-7,15H,4-5H2,1H3. The molecule has 0 spiro atoms. The Hall–Kier alpha value is -1.97. The van der Waals surface area contributed by atoms with Gasteiger partial charge in [0.05, 0.1) is 12.2 Å². The normalized spacial score (nSPS) is 13.6. The van der Waals surface area contributed by atoms with Gasteiger partial charge in [-0.1, -0.05) is 0 Å². The summed E-state index contributed by atoms with van der Waals surface area (Å²) in [6.07, 6.45) is 0. The van der Waals surface area contributed by atoms with Crippen molar-refractivity contribution >= 4 is 0 Å². The minimum absolute atomic E-state index is 0.312. The fourth-order valence-corrected chi connectivity index (χ4v) is 1.87. The molecule has 1 aliphatic rings. The summed E-state index contributed by atoms with van der Waals surface area (Å²) in [5, 5.41) is 13.9. The third-order valence-corrected chi connectivity index (χ3v) is 2.79. The summed E-state index contributed by atoms with van der Waals surface area (Å²) in [4.78, 5) is 0. The van der Waals surface area contributed by atoms with Crippen molar-refractivity contribution in [1.82, 2.24) is 9.78 Å². The van der Waals surface area contributed by atoms with Crippen LogP contribution in [0.3, 0.4) is 0 Å². The van der Waals surface area contributed by atoms with Crippen LogP contribution in [-0.4, -0.2) is 21.5 Å². The molecule has 82 valence electrons.